The highest BCUT2D eigenvalue weighted by molar-refractivity contribution is 5.84. The van der Waals surface area contributed by atoms with Crippen LogP contribution in [0.3, 0.4) is 0 Å². The van der Waals surface area contributed by atoms with E-state index in [9.17, 15) is 4.79 Å². The molecule has 1 amide bonds. The van der Waals surface area contributed by atoms with Gasteiger partial charge in [0.05, 0.1) is 12.2 Å². The van der Waals surface area contributed by atoms with Crippen LogP contribution in [0.5, 0.6) is 0 Å². The zero-order valence-electron chi connectivity index (χ0n) is 12.1. The largest absolute Gasteiger partial charge is 0.323 e. The molecular weight excluding hydrogens is 224 g/mol. The zero-order chi connectivity index (χ0) is 13.1. The van der Waals surface area contributed by atoms with Crippen LogP contribution in [0.1, 0.15) is 65.7 Å². The van der Waals surface area contributed by atoms with Gasteiger partial charge in [0.2, 0.25) is 5.91 Å². The number of hydrogen-bond donors (Lipinski definition) is 1. The van der Waals surface area contributed by atoms with Crippen molar-refractivity contribution in [1.82, 2.24) is 10.2 Å². The number of nitrogens with zero attached hydrogens (tertiary/aromatic N) is 1. The second kappa shape index (κ2) is 6.05. The van der Waals surface area contributed by atoms with Gasteiger partial charge in [-0.15, -0.1) is 0 Å². The Bertz CT molecular complexity index is 280. The van der Waals surface area contributed by atoms with E-state index in [0.29, 0.717) is 17.9 Å². The maximum Gasteiger partial charge on any atom is 0.240 e. The summed E-state index contributed by atoms with van der Waals surface area (Å²) in [5, 5.41) is 3.48. The first-order valence-corrected chi connectivity index (χ1v) is 7.68. The predicted molar refractivity (Wildman–Crippen MR) is 74.2 cm³/mol. The molecule has 1 aliphatic heterocycles. The molecule has 3 heteroatoms. The van der Waals surface area contributed by atoms with Gasteiger partial charge in [-0.3, -0.25) is 10.1 Å². The van der Waals surface area contributed by atoms with E-state index in [2.05, 4.69) is 24.1 Å². The van der Waals surface area contributed by atoms with Crippen LogP contribution in [0.15, 0.2) is 0 Å². The molecular formula is C15H28N2O. The van der Waals surface area contributed by atoms with Crippen molar-refractivity contribution in [3.8, 4) is 0 Å². The average Bonchev–Trinajstić information content (AvgIpc) is 2.53. The third-order valence-corrected chi connectivity index (χ3v) is 4.32. The Morgan fingerprint density at radius 2 is 1.83 bits per heavy atom. The minimum atomic E-state index is 0.0111. The maximum atomic E-state index is 12.4. The molecule has 2 rings (SSSR count). The molecule has 0 aromatic heterocycles. The fourth-order valence-electron chi connectivity index (χ4n) is 3.42. The Hall–Kier alpha value is -0.570. The van der Waals surface area contributed by atoms with Crippen LogP contribution in [-0.4, -0.2) is 29.1 Å². The summed E-state index contributed by atoms with van der Waals surface area (Å²) in [6, 6.07) is 0.498. The Kier molecular flexibility index (Phi) is 4.66. The first-order chi connectivity index (χ1) is 8.59. The van der Waals surface area contributed by atoms with Crippen molar-refractivity contribution in [3.63, 3.8) is 0 Å². The predicted octanol–water partition coefficient (Wildman–Crippen LogP) is 2.90. The summed E-state index contributed by atoms with van der Waals surface area (Å²) in [6.45, 7) is 6.48. The highest BCUT2D eigenvalue weighted by Crippen LogP contribution is 2.28. The molecule has 2 aliphatic rings. The quantitative estimate of drug-likeness (QED) is 0.783. The topological polar surface area (TPSA) is 32.3 Å². The Labute approximate surface area is 111 Å². The molecule has 1 heterocycles. The smallest absolute Gasteiger partial charge is 0.240 e. The highest BCUT2D eigenvalue weighted by atomic mass is 16.2. The molecule has 1 saturated heterocycles. The number of carbonyl (C=O) groups is 1. The van der Waals surface area contributed by atoms with Gasteiger partial charge < -0.3 is 4.90 Å². The lowest BCUT2D eigenvalue weighted by Crippen LogP contribution is -2.45. The van der Waals surface area contributed by atoms with E-state index in [0.717, 1.165) is 6.42 Å². The van der Waals surface area contributed by atoms with Crippen molar-refractivity contribution in [2.24, 2.45) is 5.92 Å². The van der Waals surface area contributed by atoms with Crippen molar-refractivity contribution >= 4 is 5.91 Å². The second-order valence-electron chi connectivity index (χ2n) is 6.42. The van der Waals surface area contributed by atoms with Gasteiger partial charge in [0.1, 0.15) is 0 Å². The SMILES string of the molecule is CC(C)CC1NC(C)C(=O)N1C1CCCCCC1. The number of carbonyl (C=O) groups excluding carboxylic acids is 1. The van der Waals surface area contributed by atoms with Crippen molar-refractivity contribution in [2.45, 2.75) is 84.0 Å². The molecule has 2 unspecified atom stereocenters. The number of amides is 1. The van der Waals surface area contributed by atoms with Crippen LogP contribution in [-0.2, 0) is 4.79 Å². The Morgan fingerprint density at radius 1 is 1.22 bits per heavy atom. The number of hydrogen-bond acceptors (Lipinski definition) is 2. The van der Waals surface area contributed by atoms with Gasteiger partial charge in [0.25, 0.3) is 0 Å². The van der Waals surface area contributed by atoms with Gasteiger partial charge >= 0.3 is 0 Å². The van der Waals surface area contributed by atoms with E-state index >= 15 is 0 Å². The standard InChI is InChI=1S/C15H28N2O/c1-11(2)10-14-16-12(3)15(18)17(14)13-8-6-4-5-7-9-13/h11-14,16H,4-10H2,1-3H3. The summed E-state index contributed by atoms with van der Waals surface area (Å²) < 4.78 is 0. The van der Waals surface area contributed by atoms with E-state index in [1.807, 2.05) is 6.92 Å². The van der Waals surface area contributed by atoms with E-state index < -0.39 is 0 Å². The van der Waals surface area contributed by atoms with Gasteiger partial charge in [0.15, 0.2) is 0 Å². The summed E-state index contributed by atoms with van der Waals surface area (Å²) in [7, 11) is 0. The fourth-order valence-corrected chi connectivity index (χ4v) is 3.42. The molecule has 18 heavy (non-hydrogen) atoms. The molecule has 2 atom stereocenters. The normalized spacial score (nSPS) is 31.1. The van der Waals surface area contributed by atoms with E-state index in [1.54, 1.807) is 0 Å². The van der Waals surface area contributed by atoms with Crippen molar-refractivity contribution in [2.75, 3.05) is 0 Å². The van der Waals surface area contributed by atoms with Gasteiger partial charge in [-0.25, -0.2) is 0 Å². The average molecular weight is 252 g/mol. The molecule has 0 radical (unpaired) electrons. The van der Waals surface area contributed by atoms with E-state index in [-0.39, 0.29) is 12.2 Å². The molecule has 3 nitrogen and oxygen atoms in total. The summed E-state index contributed by atoms with van der Waals surface area (Å²) >= 11 is 0. The van der Waals surface area contributed by atoms with Gasteiger partial charge in [-0.05, 0) is 32.1 Å². The summed E-state index contributed by atoms with van der Waals surface area (Å²) in [4.78, 5) is 14.6. The zero-order valence-corrected chi connectivity index (χ0v) is 12.1. The monoisotopic (exact) mass is 252 g/mol. The summed E-state index contributed by atoms with van der Waals surface area (Å²) in [6.07, 6.45) is 9.02. The first-order valence-electron chi connectivity index (χ1n) is 7.68. The van der Waals surface area contributed by atoms with Crippen molar-refractivity contribution < 1.29 is 4.79 Å². The lowest BCUT2D eigenvalue weighted by atomic mass is 10.0. The van der Waals surface area contributed by atoms with Gasteiger partial charge in [-0.1, -0.05) is 39.5 Å². The van der Waals surface area contributed by atoms with Crippen LogP contribution in [0.4, 0.5) is 0 Å². The molecule has 0 bridgehead atoms. The first kappa shape index (κ1) is 13.9. The minimum Gasteiger partial charge on any atom is -0.323 e. The van der Waals surface area contributed by atoms with Crippen LogP contribution in [0, 0.1) is 5.92 Å². The highest BCUT2D eigenvalue weighted by Gasteiger charge is 2.40. The maximum absolute atomic E-state index is 12.4. The lowest BCUT2D eigenvalue weighted by molar-refractivity contribution is -0.132. The molecule has 1 aliphatic carbocycles. The second-order valence-corrected chi connectivity index (χ2v) is 6.42. The number of nitrogens with one attached hydrogen (secondary N) is 1. The van der Waals surface area contributed by atoms with Crippen molar-refractivity contribution in [3.05, 3.63) is 0 Å². The van der Waals surface area contributed by atoms with Crippen LogP contribution < -0.4 is 5.32 Å². The van der Waals surface area contributed by atoms with Crippen LogP contribution in [0.2, 0.25) is 0 Å². The molecule has 2 fully saturated rings. The van der Waals surface area contributed by atoms with E-state index in [1.165, 1.54) is 38.5 Å². The molecule has 104 valence electrons. The Balaban J connectivity index is 2.07. The van der Waals surface area contributed by atoms with E-state index in [4.69, 9.17) is 0 Å². The lowest BCUT2D eigenvalue weighted by Gasteiger charge is -2.33. The van der Waals surface area contributed by atoms with Crippen LogP contribution >= 0.6 is 0 Å². The Morgan fingerprint density at radius 3 is 2.39 bits per heavy atom. The van der Waals surface area contributed by atoms with Gasteiger partial charge in [0, 0.05) is 6.04 Å². The fraction of sp³-hybridized carbons (Fsp3) is 0.933. The minimum absolute atomic E-state index is 0.0111. The molecule has 0 spiro atoms. The summed E-state index contributed by atoms with van der Waals surface area (Å²) in [5.41, 5.74) is 0. The van der Waals surface area contributed by atoms with Crippen molar-refractivity contribution in [1.29, 1.82) is 0 Å². The third-order valence-electron chi connectivity index (χ3n) is 4.32. The van der Waals surface area contributed by atoms with Gasteiger partial charge in [-0.2, -0.15) is 0 Å². The molecule has 0 aromatic rings. The summed E-state index contributed by atoms with van der Waals surface area (Å²) in [5.74, 6) is 0.960. The number of rotatable bonds is 3. The molecule has 0 aromatic carbocycles. The molecule has 1 saturated carbocycles. The van der Waals surface area contributed by atoms with Crippen LogP contribution in [0.25, 0.3) is 0 Å². The molecule has 1 N–H and O–H groups in total. The third kappa shape index (κ3) is 3.05.